The van der Waals surface area contributed by atoms with E-state index in [0.717, 1.165) is 11.8 Å². The van der Waals surface area contributed by atoms with E-state index in [-0.39, 0.29) is 56.4 Å². The summed E-state index contributed by atoms with van der Waals surface area (Å²) in [5.74, 6) is -0.292. The van der Waals surface area contributed by atoms with Crippen molar-refractivity contribution in [2.24, 2.45) is 5.92 Å². The van der Waals surface area contributed by atoms with Gasteiger partial charge in [0.1, 0.15) is 11.5 Å². The van der Waals surface area contributed by atoms with Crippen molar-refractivity contribution in [3.8, 4) is 11.5 Å². The Bertz CT molecular complexity index is 1260. The molecule has 2 saturated heterocycles. The van der Waals surface area contributed by atoms with Crippen LogP contribution in [-0.2, 0) is 10.0 Å². The van der Waals surface area contributed by atoms with Gasteiger partial charge in [-0.3, -0.25) is 0 Å². The van der Waals surface area contributed by atoms with Crippen LogP contribution in [-0.4, -0.2) is 87.0 Å². The average molecular weight is 596 g/mol. The molecule has 0 aromatic heterocycles. The number of piperazine rings is 1. The normalized spacial score (nSPS) is 21.0. The highest BCUT2D eigenvalue weighted by Crippen LogP contribution is 2.37. The molecule has 2 aromatic rings. The molecule has 2 aliphatic rings. The molecular weight excluding hydrogens is 570 g/mol. The Balaban J connectivity index is 1.45. The molecule has 2 amide bonds. The van der Waals surface area contributed by atoms with E-state index in [1.165, 1.54) is 28.6 Å². The Morgan fingerprint density at radius 3 is 2.16 bits per heavy atom. The third-order valence-corrected chi connectivity index (χ3v) is 8.63. The van der Waals surface area contributed by atoms with Crippen LogP contribution < -0.4 is 9.47 Å². The van der Waals surface area contributed by atoms with Crippen LogP contribution in [0.4, 0.5) is 18.0 Å². The molecule has 0 saturated carbocycles. The second-order valence-electron chi connectivity index (χ2n) is 9.21. The van der Waals surface area contributed by atoms with Crippen LogP contribution in [0, 0.1) is 5.92 Å². The molecular formula is C24H26Cl2F3N3O5S. The van der Waals surface area contributed by atoms with Gasteiger partial charge >= 0.3 is 12.4 Å². The number of likely N-dealkylation sites (tertiary alicyclic amines) is 1. The van der Waals surface area contributed by atoms with Crippen molar-refractivity contribution in [3.05, 3.63) is 58.1 Å². The van der Waals surface area contributed by atoms with Gasteiger partial charge in [0.15, 0.2) is 0 Å². The number of carbonyl (C=O) groups excluding carboxylic acids is 1. The molecule has 2 fully saturated rings. The van der Waals surface area contributed by atoms with Crippen LogP contribution >= 0.6 is 23.2 Å². The minimum absolute atomic E-state index is 0.140. The molecule has 0 radical (unpaired) electrons. The number of hydrogen-bond acceptors (Lipinski definition) is 5. The summed E-state index contributed by atoms with van der Waals surface area (Å²) >= 11 is 12.3. The van der Waals surface area contributed by atoms with Crippen molar-refractivity contribution in [2.45, 2.75) is 12.3 Å². The smallest absolute Gasteiger partial charge is 0.493 e. The molecule has 0 N–H and O–H groups in total. The quantitative estimate of drug-likeness (QED) is 0.484. The number of hydrogen-bond donors (Lipinski definition) is 0. The Morgan fingerprint density at radius 1 is 0.947 bits per heavy atom. The first kappa shape index (κ1) is 28.6. The van der Waals surface area contributed by atoms with Crippen LogP contribution in [0.2, 0.25) is 10.0 Å². The van der Waals surface area contributed by atoms with Gasteiger partial charge in [-0.1, -0.05) is 29.3 Å². The van der Waals surface area contributed by atoms with Gasteiger partial charge in [-0.15, -0.1) is 13.2 Å². The highest BCUT2D eigenvalue weighted by molar-refractivity contribution is 7.88. The predicted octanol–water partition coefficient (Wildman–Crippen LogP) is 4.68. The van der Waals surface area contributed by atoms with E-state index < -0.39 is 16.4 Å². The second-order valence-corrected chi connectivity index (χ2v) is 12.0. The Labute approximate surface area is 228 Å². The lowest BCUT2D eigenvalue weighted by Gasteiger charge is -2.35. The van der Waals surface area contributed by atoms with Crippen molar-refractivity contribution in [3.63, 3.8) is 0 Å². The zero-order valence-corrected chi connectivity index (χ0v) is 22.7. The largest absolute Gasteiger partial charge is 0.573 e. The minimum atomic E-state index is -4.78. The number of benzene rings is 2. The lowest BCUT2D eigenvalue weighted by Crippen LogP contribution is -2.53. The summed E-state index contributed by atoms with van der Waals surface area (Å²) in [6, 6.07) is 10.2. The van der Waals surface area contributed by atoms with Gasteiger partial charge in [-0.05, 0) is 42.0 Å². The second kappa shape index (κ2) is 11.4. The standard InChI is InChI=1S/C24H26Cl2F3N3O5S/c1-38(34,35)32-10-8-30(9-11-32)23(33)31-13-17(20(14-31)16-2-7-21(25)22(26)12-16)15-36-18-3-5-19(6-4-18)37-24(27,28)29/h2-7,12,17,20H,8-11,13-15H2,1H3. The molecule has 2 atom stereocenters. The summed E-state index contributed by atoms with van der Waals surface area (Å²) in [4.78, 5) is 16.7. The van der Waals surface area contributed by atoms with Crippen LogP contribution in [0.3, 0.4) is 0 Å². The number of carbonyl (C=O) groups is 1. The monoisotopic (exact) mass is 595 g/mol. The lowest BCUT2D eigenvalue weighted by molar-refractivity contribution is -0.274. The van der Waals surface area contributed by atoms with Gasteiger partial charge in [-0.2, -0.15) is 4.31 Å². The molecule has 2 aromatic carbocycles. The lowest BCUT2D eigenvalue weighted by atomic mass is 9.89. The van der Waals surface area contributed by atoms with Crippen LogP contribution in [0.5, 0.6) is 11.5 Å². The fourth-order valence-electron chi connectivity index (χ4n) is 4.67. The highest BCUT2D eigenvalue weighted by Gasteiger charge is 2.39. The van der Waals surface area contributed by atoms with E-state index in [9.17, 15) is 26.4 Å². The molecule has 2 heterocycles. The fourth-order valence-corrected chi connectivity index (χ4v) is 5.80. The molecule has 2 unspecified atom stereocenters. The van der Waals surface area contributed by atoms with Crippen molar-refractivity contribution in [1.29, 1.82) is 0 Å². The predicted molar refractivity (Wildman–Crippen MR) is 136 cm³/mol. The third-order valence-electron chi connectivity index (χ3n) is 6.58. The number of nitrogens with zero attached hydrogens (tertiary/aromatic N) is 3. The molecule has 0 bridgehead atoms. The molecule has 8 nitrogen and oxygen atoms in total. The summed E-state index contributed by atoms with van der Waals surface area (Å²) in [6.07, 6.45) is -3.64. The van der Waals surface area contributed by atoms with E-state index in [1.807, 2.05) is 6.07 Å². The Morgan fingerprint density at radius 2 is 1.58 bits per heavy atom. The van der Waals surface area contributed by atoms with Crippen LogP contribution in [0.15, 0.2) is 42.5 Å². The number of urea groups is 1. The first-order valence-electron chi connectivity index (χ1n) is 11.7. The number of amides is 2. The van der Waals surface area contributed by atoms with Crippen molar-refractivity contribution in [1.82, 2.24) is 14.1 Å². The van der Waals surface area contributed by atoms with Crippen LogP contribution in [0.1, 0.15) is 11.5 Å². The molecule has 208 valence electrons. The summed E-state index contributed by atoms with van der Waals surface area (Å²) in [6.45, 7) is 1.97. The zero-order valence-electron chi connectivity index (χ0n) is 20.3. The first-order valence-corrected chi connectivity index (χ1v) is 14.3. The summed E-state index contributed by atoms with van der Waals surface area (Å²) < 4.78 is 72.0. The van der Waals surface area contributed by atoms with Gasteiger partial charge < -0.3 is 19.3 Å². The maximum Gasteiger partial charge on any atom is 0.573 e. The van der Waals surface area contributed by atoms with E-state index in [2.05, 4.69) is 4.74 Å². The van der Waals surface area contributed by atoms with Crippen LogP contribution in [0.25, 0.3) is 0 Å². The number of sulfonamides is 1. The van der Waals surface area contributed by atoms with Gasteiger partial charge in [0.25, 0.3) is 0 Å². The van der Waals surface area contributed by atoms with Gasteiger partial charge in [-0.25, -0.2) is 13.2 Å². The van der Waals surface area contributed by atoms with E-state index in [1.54, 1.807) is 21.9 Å². The molecule has 4 rings (SSSR count). The number of ether oxygens (including phenoxy) is 2. The van der Waals surface area contributed by atoms with Crippen molar-refractivity contribution >= 4 is 39.3 Å². The van der Waals surface area contributed by atoms with Gasteiger partial charge in [0.2, 0.25) is 10.0 Å². The Kier molecular flexibility index (Phi) is 8.55. The summed E-state index contributed by atoms with van der Waals surface area (Å²) in [7, 11) is -3.32. The third kappa shape index (κ3) is 7.16. The number of rotatable bonds is 6. The minimum Gasteiger partial charge on any atom is -0.493 e. The van der Waals surface area contributed by atoms with E-state index in [4.69, 9.17) is 27.9 Å². The zero-order chi connectivity index (χ0) is 27.7. The maximum absolute atomic E-state index is 13.3. The van der Waals surface area contributed by atoms with E-state index >= 15 is 0 Å². The number of halogens is 5. The SMILES string of the molecule is CS(=O)(=O)N1CCN(C(=O)N2CC(COc3ccc(OC(F)(F)F)cc3)C(c3ccc(Cl)c(Cl)c3)C2)CC1. The van der Waals surface area contributed by atoms with Crippen molar-refractivity contribution < 1.29 is 35.9 Å². The molecule has 38 heavy (non-hydrogen) atoms. The molecule has 14 heteroatoms. The highest BCUT2D eigenvalue weighted by atomic mass is 35.5. The first-order chi connectivity index (χ1) is 17.8. The fraction of sp³-hybridized carbons (Fsp3) is 0.458. The van der Waals surface area contributed by atoms with Gasteiger partial charge in [0.05, 0.1) is 22.9 Å². The molecule has 0 aliphatic carbocycles. The van der Waals surface area contributed by atoms with Crippen molar-refractivity contribution in [2.75, 3.05) is 52.1 Å². The summed E-state index contributed by atoms with van der Waals surface area (Å²) in [5.41, 5.74) is 0.874. The Hall–Kier alpha value is -2.41. The molecule has 0 spiro atoms. The van der Waals surface area contributed by atoms with E-state index in [0.29, 0.717) is 28.9 Å². The average Bonchev–Trinajstić information content (AvgIpc) is 3.28. The summed E-state index contributed by atoms with van der Waals surface area (Å²) in [5, 5.41) is 0.782. The van der Waals surface area contributed by atoms with Gasteiger partial charge in [0, 0.05) is 51.1 Å². The topological polar surface area (TPSA) is 79.4 Å². The molecule has 2 aliphatic heterocycles. The number of alkyl halides is 3. The maximum atomic E-state index is 13.3.